The van der Waals surface area contributed by atoms with Crippen LogP contribution in [0.2, 0.25) is 5.15 Å². The number of nitrogens with zero attached hydrogens (tertiary/aromatic N) is 1. The van der Waals surface area contributed by atoms with Crippen LogP contribution in [0.1, 0.15) is 24.5 Å². The number of hydrogen-bond acceptors (Lipinski definition) is 1. The first-order valence-corrected chi connectivity index (χ1v) is 3.77. The molecule has 1 radical (unpaired) electrons. The number of hydrogen-bond donors (Lipinski definition) is 0. The Bertz CT molecular complexity index is 243. The summed E-state index contributed by atoms with van der Waals surface area (Å²) in [6.45, 7) is 0. The van der Waals surface area contributed by atoms with Gasteiger partial charge in [-0.25, -0.2) is 4.98 Å². The predicted octanol–water partition coefficient (Wildman–Crippen LogP) is 2.41. The van der Waals surface area contributed by atoms with Crippen molar-refractivity contribution in [3.63, 3.8) is 0 Å². The number of rotatable bonds is 1. The first-order valence-electron chi connectivity index (χ1n) is 3.40. The minimum atomic E-state index is 0.560. The Balaban J connectivity index is 2.32. The van der Waals surface area contributed by atoms with Gasteiger partial charge in [0.2, 0.25) is 0 Å². The van der Waals surface area contributed by atoms with Crippen LogP contribution in [-0.2, 0) is 0 Å². The maximum Gasteiger partial charge on any atom is 0.129 e. The molecular formula is C8H7ClN. The van der Waals surface area contributed by atoms with Gasteiger partial charge >= 0.3 is 0 Å². The van der Waals surface area contributed by atoms with Gasteiger partial charge in [0.1, 0.15) is 5.15 Å². The molecule has 1 nitrogen and oxygen atoms in total. The van der Waals surface area contributed by atoms with E-state index < -0.39 is 0 Å². The Kier molecular flexibility index (Phi) is 1.38. The summed E-state index contributed by atoms with van der Waals surface area (Å²) in [5, 5.41) is 0.560. The van der Waals surface area contributed by atoms with Crippen molar-refractivity contribution in [1.82, 2.24) is 4.98 Å². The second kappa shape index (κ2) is 2.24. The summed E-state index contributed by atoms with van der Waals surface area (Å²) in [6.07, 6.45) is 2.53. The third-order valence-corrected chi connectivity index (χ3v) is 1.86. The third-order valence-electron chi connectivity index (χ3n) is 1.67. The summed E-state index contributed by atoms with van der Waals surface area (Å²) in [6, 6.07) is 6.56. The van der Waals surface area contributed by atoms with Crippen LogP contribution in [0.25, 0.3) is 0 Å². The van der Waals surface area contributed by atoms with E-state index in [4.69, 9.17) is 11.6 Å². The molecule has 0 amide bonds. The number of halogens is 1. The largest absolute Gasteiger partial charge is 0.241 e. The second-order valence-corrected chi connectivity index (χ2v) is 2.98. The average molecular weight is 153 g/mol. The maximum absolute atomic E-state index is 5.67. The zero-order valence-electron chi connectivity index (χ0n) is 5.47. The van der Waals surface area contributed by atoms with Crippen LogP contribution in [0.4, 0.5) is 0 Å². The second-order valence-electron chi connectivity index (χ2n) is 2.59. The van der Waals surface area contributed by atoms with E-state index in [0.29, 0.717) is 11.1 Å². The zero-order chi connectivity index (χ0) is 6.97. The quantitative estimate of drug-likeness (QED) is 0.564. The van der Waals surface area contributed by atoms with Gasteiger partial charge in [-0.2, -0.15) is 0 Å². The lowest BCUT2D eigenvalue weighted by atomic mass is 10.3. The number of aromatic nitrogens is 1. The van der Waals surface area contributed by atoms with Crippen LogP contribution in [0.15, 0.2) is 12.1 Å². The van der Waals surface area contributed by atoms with Gasteiger partial charge in [0.15, 0.2) is 0 Å². The van der Waals surface area contributed by atoms with E-state index in [-0.39, 0.29) is 0 Å². The van der Waals surface area contributed by atoms with Gasteiger partial charge in [-0.3, -0.25) is 0 Å². The molecule has 1 aliphatic rings. The summed E-state index contributed by atoms with van der Waals surface area (Å²) < 4.78 is 0. The third kappa shape index (κ3) is 1.14. The highest BCUT2D eigenvalue weighted by atomic mass is 35.5. The lowest BCUT2D eigenvalue weighted by Crippen LogP contribution is -1.84. The van der Waals surface area contributed by atoms with Gasteiger partial charge in [0, 0.05) is 11.6 Å². The highest BCUT2D eigenvalue weighted by molar-refractivity contribution is 6.29. The number of pyridine rings is 1. The molecule has 0 aromatic carbocycles. The fourth-order valence-electron chi connectivity index (χ4n) is 0.972. The topological polar surface area (TPSA) is 12.9 Å². The summed E-state index contributed by atoms with van der Waals surface area (Å²) in [5.41, 5.74) is 1.10. The van der Waals surface area contributed by atoms with Gasteiger partial charge in [0.05, 0.1) is 0 Å². The van der Waals surface area contributed by atoms with Crippen LogP contribution in [0, 0.1) is 6.07 Å². The van der Waals surface area contributed by atoms with Crippen LogP contribution < -0.4 is 0 Å². The molecule has 1 aromatic rings. The molecule has 1 aromatic heterocycles. The van der Waals surface area contributed by atoms with Gasteiger partial charge in [-0.15, -0.1) is 0 Å². The summed E-state index contributed by atoms with van der Waals surface area (Å²) >= 11 is 5.67. The van der Waals surface area contributed by atoms with Crippen molar-refractivity contribution >= 4 is 11.6 Å². The molecule has 1 fully saturated rings. The molecule has 1 heterocycles. The Labute approximate surface area is 65.0 Å². The van der Waals surface area contributed by atoms with E-state index in [9.17, 15) is 0 Å². The van der Waals surface area contributed by atoms with Crippen LogP contribution in [-0.4, -0.2) is 4.98 Å². The monoisotopic (exact) mass is 152 g/mol. The van der Waals surface area contributed by atoms with E-state index in [2.05, 4.69) is 11.1 Å². The minimum Gasteiger partial charge on any atom is -0.241 e. The molecule has 51 valence electrons. The molecule has 0 saturated heterocycles. The maximum atomic E-state index is 5.67. The van der Waals surface area contributed by atoms with Gasteiger partial charge in [0.25, 0.3) is 0 Å². The minimum absolute atomic E-state index is 0.560. The van der Waals surface area contributed by atoms with Crippen molar-refractivity contribution in [3.8, 4) is 0 Å². The van der Waals surface area contributed by atoms with Gasteiger partial charge < -0.3 is 0 Å². The molecule has 2 rings (SSSR count). The van der Waals surface area contributed by atoms with Crippen molar-refractivity contribution in [1.29, 1.82) is 0 Å². The molecular weight excluding hydrogens is 146 g/mol. The average Bonchev–Trinajstić information content (AvgIpc) is 2.68. The van der Waals surface area contributed by atoms with Crippen molar-refractivity contribution in [3.05, 3.63) is 29.0 Å². The predicted molar refractivity (Wildman–Crippen MR) is 40.1 cm³/mol. The Morgan fingerprint density at radius 2 is 2.30 bits per heavy atom. The molecule has 0 unspecified atom stereocenters. The van der Waals surface area contributed by atoms with E-state index in [0.717, 1.165) is 5.69 Å². The molecule has 10 heavy (non-hydrogen) atoms. The summed E-state index contributed by atoms with van der Waals surface area (Å²) in [5.74, 6) is 0.676. The Hall–Kier alpha value is -0.560. The van der Waals surface area contributed by atoms with Crippen molar-refractivity contribution in [2.75, 3.05) is 0 Å². The first-order chi connectivity index (χ1) is 4.86. The van der Waals surface area contributed by atoms with Crippen molar-refractivity contribution in [2.45, 2.75) is 18.8 Å². The fraction of sp³-hybridized carbons (Fsp3) is 0.375. The van der Waals surface area contributed by atoms with E-state index in [1.54, 1.807) is 6.07 Å². The van der Waals surface area contributed by atoms with Gasteiger partial charge in [-0.05, 0) is 31.0 Å². The normalized spacial score (nSPS) is 17.3. The van der Waals surface area contributed by atoms with Crippen LogP contribution in [0.3, 0.4) is 0 Å². The molecule has 0 bridgehead atoms. The van der Waals surface area contributed by atoms with E-state index in [1.807, 2.05) is 6.07 Å². The lowest BCUT2D eigenvalue weighted by Gasteiger charge is -1.94. The van der Waals surface area contributed by atoms with E-state index in [1.165, 1.54) is 12.8 Å². The first kappa shape index (κ1) is 6.17. The Morgan fingerprint density at radius 3 is 2.90 bits per heavy atom. The fourth-order valence-corrected chi connectivity index (χ4v) is 1.13. The molecule has 0 aliphatic heterocycles. The summed E-state index contributed by atoms with van der Waals surface area (Å²) in [7, 11) is 0. The van der Waals surface area contributed by atoms with Crippen LogP contribution in [0.5, 0.6) is 0 Å². The smallest absolute Gasteiger partial charge is 0.129 e. The highest BCUT2D eigenvalue weighted by Crippen LogP contribution is 2.38. The lowest BCUT2D eigenvalue weighted by molar-refractivity contribution is 1.02. The molecule has 0 spiro atoms. The van der Waals surface area contributed by atoms with Gasteiger partial charge in [-0.1, -0.05) is 11.6 Å². The molecule has 1 saturated carbocycles. The molecule has 0 N–H and O–H groups in total. The van der Waals surface area contributed by atoms with Crippen molar-refractivity contribution in [2.24, 2.45) is 0 Å². The highest BCUT2D eigenvalue weighted by Gasteiger charge is 2.24. The summed E-state index contributed by atoms with van der Waals surface area (Å²) in [4.78, 5) is 4.17. The molecule has 1 aliphatic carbocycles. The van der Waals surface area contributed by atoms with Crippen LogP contribution >= 0.6 is 11.6 Å². The van der Waals surface area contributed by atoms with E-state index >= 15 is 0 Å². The molecule has 0 atom stereocenters. The van der Waals surface area contributed by atoms with Crippen molar-refractivity contribution < 1.29 is 0 Å². The Morgan fingerprint density at radius 1 is 1.50 bits per heavy atom. The standard InChI is InChI=1S/C8H7ClN/c9-8-3-1-2-7(10-8)6-4-5-6/h2-3,6H,4-5H2. The SMILES string of the molecule is Clc1c[c]cc(C2CC2)n1. The molecule has 2 heteroatoms. The zero-order valence-corrected chi connectivity index (χ0v) is 6.23.